The molecule has 0 atom stereocenters. The van der Waals surface area contributed by atoms with Gasteiger partial charge in [0.15, 0.2) is 0 Å². The van der Waals surface area contributed by atoms with Crippen molar-refractivity contribution in [3.63, 3.8) is 0 Å². The minimum atomic E-state index is -4.33. The zero-order valence-corrected chi connectivity index (χ0v) is 16.4. The van der Waals surface area contributed by atoms with E-state index in [1.54, 1.807) is 0 Å². The molecule has 0 unspecified atom stereocenters. The average molecular weight is 317 g/mol. The summed E-state index contributed by atoms with van der Waals surface area (Å²) in [6.07, 6.45) is 0. The third kappa shape index (κ3) is 638. The van der Waals surface area contributed by atoms with Crippen molar-refractivity contribution in [3.8, 4) is 0 Å². The fourth-order valence-electron chi connectivity index (χ4n) is 0. The van der Waals surface area contributed by atoms with Crippen molar-refractivity contribution in [2.45, 2.75) is 0 Å². The molecule has 16 heteroatoms. The second-order valence-electron chi connectivity index (χ2n) is 0.483. The van der Waals surface area contributed by atoms with Gasteiger partial charge < -0.3 is 46.6 Å². The molecular weight excluding hydrogens is 307 g/mol. The first-order valence-corrected chi connectivity index (χ1v) is 3.37. The van der Waals surface area contributed by atoms with E-state index in [4.69, 9.17) is 23.4 Å². The monoisotopic (exact) mass is 317 g/mol. The number of hydrogen-bond acceptors (Lipinski definition) is 7. The van der Waals surface area contributed by atoms with Gasteiger partial charge in [0.1, 0.15) is 0 Å². The standard InChI is InChI=1S/HNO2.3Na.H2O3S2.5H2O/c2-1-3;;;;1-5(2,3)4;;;;;/h(H,2,3);;;;(H2,1,2,3,4);5*1H2/q;3*+1;;;;;;/p-3. The molecule has 0 bridgehead atoms. The molecule has 0 heterocycles. The molecular formula is H10NNa3O10S2. The van der Waals surface area contributed by atoms with Crippen LogP contribution >= 0.6 is 0 Å². The van der Waals surface area contributed by atoms with E-state index in [1.165, 1.54) is 0 Å². The van der Waals surface area contributed by atoms with E-state index in [9.17, 15) is 0 Å². The van der Waals surface area contributed by atoms with Crippen LogP contribution in [0.5, 0.6) is 0 Å². The molecule has 10 N–H and O–H groups in total. The second kappa shape index (κ2) is 52.8. The van der Waals surface area contributed by atoms with Crippen molar-refractivity contribution in [3.05, 3.63) is 10.1 Å². The first-order valence-electron chi connectivity index (χ1n) is 1.03. The molecule has 0 aliphatic carbocycles. The molecule has 0 aromatic carbocycles. The fourth-order valence-corrected chi connectivity index (χ4v) is 0. The Morgan fingerprint density at radius 3 is 0.875 bits per heavy atom. The van der Waals surface area contributed by atoms with Crippen LogP contribution in [-0.2, 0) is 20.2 Å². The van der Waals surface area contributed by atoms with Crippen molar-refractivity contribution in [2.75, 3.05) is 0 Å². The molecule has 0 saturated carbocycles. The molecule has 16 heavy (non-hydrogen) atoms. The zero-order chi connectivity index (χ0) is 7.21. The Bertz CT molecular complexity index is 138. The van der Waals surface area contributed by atoms with Gasteiger partial charge in [-0.05, 0) is 11.2 Å². The Kier molecular flexibility index (Phi) is 259. The quantitative estimate of drug-likeness (QED) is 0.237. The Morgan fingerprint density at radius 1 is 0.875 bits per heavy atom. The minimum Gasteiger partial charge on any atom is -0.780 e. The summed E-state index contributed by atoms with van der Waals surface area (Å²) in [5.41, 5.74) is 0. The summed E-state index contributed by atoms with van der Waals surface area (Å²) in [4.78, 5) is 8.00. The van der Waals surface area contributed by atoms with Crippen LogP contribution in [0, 0.1) is 10.1 Å². The van der Waals surface area contributed by atoms with Gasteiger partial charge in [0.2, 0.25) is 0 Å². The van der Waals surface area contributed by atoms with E-state index in [0.717, 1.165) is 5.34 Å². The summed E-state index contributed by atoms with van der Waals surface area (Å²) in [6.45, 7) is 0. The van der Waals surface area contributed by atoms with Crippen LogP contribution < -0.4 is 88.7 Å². The van der Waals surface area contributed by atoms with Crippen molar-refractivity contribution < 1.29 is 129 Å². The van der Waals surface area contributed by atoms with Crippen molar-refractivity contribution in [1.82, 2.24) is 0 Å². The van der Waals surface area contributed by atoms with Gasteiger partial charge in [-0.25, -0.2) is 0 Å². The van der Waals surface area contributed by atoms with E-state index in [2.05, 4.69) is 11.2 Å². The maximum Gasteiger partial charge on any atom is 1.00 e. The van der Waals surface area contributed by atoms with Crippen LogP contribution in [0.1, 0.15) is 0 Å². The first kappa shape index (κ1) is 78.5. The topological polar surface area (TPSA) is 273 Å². The van der Waals surface area contributed by atoms with Gasteiger partial charge >= 0.3 is 88.7 Å². The summed E-state index contributed by atoms with van der Waals surface area (Å²) in [5.74, 6) is 0. The van der Waals surface area contributed by atoms with Gasteiger partial charge in [0.05, 0.1) is 0 Å². The van der Waals surface area contributed by atoms with E-state index in [-0.39, 0.29) is 116 Å². The van der Waals surface area contributed by atoms with Gasteiger partial charge in [0, 0.05) is 0 Å². The molecule has 0 aromatic heterocycles. The molecule has 0 radical (unpaired) electrons. The van der Waals surface area contributed by atoms with Crippen LogP contribution in [0.3, 0.4) is 0 Å². The molecule has 0 saturated heterocycles. The Morgan fingerprint density at radius 2 is 0.875 bits per heavy atom. The Balaban J connectivity index is -0.00000000388. The molecule has 11 nitrogen and oxygen atoms in total. The molecule has 0 spiro atoms. The molecule has 0 aromatic rings. The minimum absolute atomic E-state index is 0. The van der Waals surface area contributed by atoms with E-state index in [0.29, 0.717) is 0 Å². The maximum absolute atomic E-state index is 8.89. The summed E-state index contributed by atoms with van der Waals surface area (Å²) in [5, 5.41) is 9.00. The van der Waals surface area contributed by atoms with Crippen LogP contribution in [0.4, 0.5) is 0 Å². The summed E-state index contributed by atoms with van der Waals surface area (Å²) in [7, 11) is -4.33. The first-order chi connectivity index (χ1) is 3.41. The average Bonchev–Trinajstić information content (AvgIpc) is 1.27. The Hall–Kier alpha value is 2.49. The van der Waals surface area contributed by atoms with Crippen molar-refractivity contribution in [1.29, 1.82) is 0 Å². The molecule has 0 aliphatic heterocycles. The van der Waals surface area contributed by atoms with Crippen molar-refractivity contribution in [2.24, 2.45) is 5.34 Å². The number of rotatable bonds is 0. The van der Waals surface area contributed by atoms with Gasteiger partial charge in [0.25, 0.3) is 0 Å². The zero-order valence-electron chi connectivity index (χ0n) is 8.80. The largest absolute Gasteiger partial charge is 1.00 e. The predicted octanol–water partition coefficient (Wildman–Crippen LogP) is -13.9. The normalized spacial score (nSPS) is 4.38. The number of hydrogen-bond donors (Lipinski definition) is 0. The van der Waals surface area contributed by atoms with E-state index >= 15 is 0 Å². The van der Waals surface area contributed by atoms with E-state index in [1.807, 2.05) is 0 Å². The van der Waals surface area contributed by atoms with Gasteiger partial charge in [-0.1, -0.05) is 0 Å². The van der Waals surface area contributed by atoms with Crippen molar-refractivity contribution >= 4 is 20.2 Å². The third-order valence-electron chi connectivity index (χ3n) is 0. The van der Waals surface area contributed by atoms with E-state index < -0.39 is 9.05 Å². The maximum atomic E-state index is 8.89. The van der Waals surface area contributed by atoms with Gasteiger partial charge in [-0.3, -0.25) is 4.21 Å². The van der Waals surface area contributed by atoms with Gasteiger partial charge in [-0.2, -0.15) is 0 Å². The molecule has 0 fully saturated rings. The smallest absolute Gasteiger partial charge is 0.780 e. The molecule has 0 rings (SSSR count). The molecule has 0 aliphatic rings. The predicted molar refractivity (Wildman–Crippen MR) is 44.3 cm³/mol. The molecule has 0 amide bonds. The van der Waals surface area contributed by atoms with Gasteiger partial charge in [-0.15, -0.1) is 14.4 Å². The summed E-state index contributed by atoms with van der Waals surface area (Å²) in [6, 6.07) is 0. The second-order valence-corrected chi connectivity index (χ2v) is 2.52. The van der Waals surface area contributed by atoms with Crippen LogP contribution in [0.25, 0.3) is 0 Å². The molecule has 90 valence electrons. The summed E-state index contributed by atoms with van der Waals surface area (Å²) < 4.78 is 26.7. The SMILES string of the molecule is O.O.O.O.O.O=N[O-].O=S([O-])([O-])=S.[Na+].[Na+].[Na+]. The van der Waals surface area contributed by atoms with Crippen LogP contribution in [-0.4, -0.2) is 40.7 Å². The fraction of sp³-hybridized carbons (Fsp3) is 0. The third-order valence-corrected chi connectivity index (χ3v) is 0. The Labute approximate surface area is 162 Å². The summed E-state index contributed by atoms with van der Waals surface area (Å²) >= 11 is 3.24. The van der Waals surface area contributed by atoms with Crippen LogP contribution in [0.2, 0.25) is 0 Å². The number of nitrogens with zero attached hydrogens (tertiary/aromatic N) is 1. The van der Waals surface area contributed by atoms with Crippen LogP contribution in [0.15, 0.2) is 5.34 Å².